The highest BCUT2D eigenvalue weighted by Crippen LogP contribution is 2.28. The summed E-state index contributed by atoms with van der Waals surface area (Å²) in [5, 5.41) is 5.56. The molecule has 102 valence electrons. The van der Waals surface area contributed by atoms with E-state index in [2.05, 4.69) is 10.6 Å². The van der Waals surface area contributed by atoms with Crippen molar-refractivity contribution in [3.05, 3.63) is 35.4 Å². The zero-order valence-corrected chi connectivity index (χ0v) is 11.4. The molecule has 2 N–H and O–H groups in total. The van der Waals surface area contributed by atoms with Crippen molar-refractivity contribution in [1.82, 2.24) is 10.6 Å². The second-order valence-electron chi connectivity index (χ2n) is 5.14. The lowest BCUT2D eigenvalue weighted by molar-refractivity contribution is -0.127. The van der Waals surface area contributed by atoms with E-state index in [-0.39, 0.29) is 30.3 Å². The lowest BCUT2D eigenvalue weighted by Gasteiger charge is -2.16. The van der Waals surface area contributed by atoms with Gasteiger partial charge in [0.15, 0.2) is 0 Å². The summed E-state index contributed by atoms with van der Waals surface area (Å²) in [6, 6.07) is 7.91. The number of hydrogen-bond acceptors (Lipinski definition) is 2. The predicted octanol–water partition coefficient (Wildman–Crippen LogP) is 1.70. The van der Waals surface area contributed by atoms with Crippen molar-refractivity contribution in [2.75, 3.05) is 6.54 Å². The predicted molar refractivity (Wildman–Crippen MR) is 73.5 cm³/mol. The van der Waals surface area contributed by atoms with Gasteiger partial charge in [-0.3, -0.25) is 9.59 Å². The second kappa shape index (κ2) is 5.87. The van der Waals surface area contributed by atoms with Gasteiger partial charge >= 0.3 is 0 Å². The summed E-state index contributed by atoms with van der Waals surface area (Å²) in [5.74, 6) is -0.00922. The Labute approximate surface area is 113 Å². The normalized spacial score (nSPS) is 15.7. The number of carbonyl (C=O) groups is 2. The van der Waals surface area contributed by atoms with Gasteiger partial charge in [-0.05, 0) is 37.8 Å². The third-order valence-corrected chi connectivity index (χ3v) is 3.40. The number of rotatable bonds is 5. The van der Waals surface area contributed by atoms with E-state index in [1.165, 1.54) is 0 Å². The number of carbonyl (C=O) groups excluding carboxylic acids is 2. The smallest absolute Gasteiger partial charge is 0.239 e. The maximum atomic E-state index is 11.8. The Morgan fingerprint density at radius 2 is 2.00 bits per heavy atom. The minimum Gasteiger partial charge on any atom is -0.348 e. The molecule has 0 bridgehead atoms. The first-order valence-corrected chi connectivity index (χ1v) is 6.70. The Morgan fingerprint density at radius 1 is 1.32 bits per heavy atom. The van der Waals surface area contributed by atoms with Crippen LogP contribution in [0.4, 0.5) is 0 Å². The van der Waals surface area contributed by atoms with Gasteiger partial charge in [0, 0.05) is 5.92 Å². The topological polar surface area (TPSA) is 58.2 Å². The lowest BCUT2D eigenvalue weighted by atomic mass is 10.0. The van der Waals surface area contributed by atoms with Crippen molar-refractivity contribution in [2.24, 2.45) is 5.92 Å². The monoisotopic (exact) mass is 260 g/mol. The standard InChI is InChI=1S/C15H20N2O2/c1-10-5-3-4-6-13(10)11(2)17-14(18)9-16-15(19)12-7-8-12/h3-6,11-12H,7-9H2,1-2H3,(H,16,19)(H,17,18)/t11-/m0/s1. The molecule has 1 fully saturated rings. The summed E-state index contributed by atoms with van der Waals surface area (Å²) in [6.07, 6.45) is 1.90. The van der Waals surface area contributed by atoms with Crippen LogP contribution in [-0.4, -0.2) is 18.4 Å². The van der Waals surface area contributed by atoms with Crippen molar-refractivity contribution in [2.45, 2.75) is 32.7 Å². The molecule has 0 unspecified atom stereocenters. The van der Waals surface area contributed by atoms with Gasteiger partial charge in [0.1, 0.15) is 0 Å². The largest absolute Gasteiger partial charge is 0.348 e. The number of benzene rings is 1. The van der Waals surface area contributed by atoms with Gasteiger partial charge in [0.25, 0.3) is 0 Å². The molecule has 4 heteroatoms. The summed E-state index contributed by atoms with van der Waals surface area (Å²) < 4.78 is 0. The molecule has 0 radical (unpaired) electrons. The minimum atomic E-state index is -0.148. The van der Waals surface area contributed by atoms with Gasteiger partial charge in [0.2, 0.25) is 11.8 Å². The van der Waals surface area contributed by atoms with Crippen LogP contribution in [0.3, 0.4) is 0 Å². The fourth-order valence-electron chi connectivity index (χ4n) is 2.10. The maximum absolute atomic E-state index is 11.8. The molecule has 0 aromatic heterocycles. The molecule has 0 aliphatic heterocycles. The van der Waals surface area contributed by atoms with Crippen LogP contribution in [0.2, 0.25) is 0 Å². The van der Waals surface area contributed by atoms with Crippen molar-refractivity contribution >= 4 is 11.8 Å². The summed E-state index contributed by atoms with van der Waals surface area (Å²) in [4.78, 5) is 23.2. The SMILES string of the molecule is Cc1ccccc1[C@H](C)NC(=O)CNC(=O)C1CC1. The Hall–Kier alpha value is -1.84. The Kier molecular flexibility index (Phi) is 4.20. The summed E-state index contributed by atoms with van der Waals surface area (Å²) in [6.45, 7) is 4.03. The second-order valence-corrected chi connectivity index (χ2v) is 5.14. The molecule has 0 spiro atoms. The van der Waals surface area contributed by atoms with Gasteiger partial charge in [-0.15, -0.1) is 0 Å². The van der Waals surface area contributed by atoms with E-state index < -0.39 is 0 Å². The quantitative estimate of drug-likeness (QED) is 0.846. The van der Waals surface area contributed by atoms with Gasteiger partial charge in [0.05, 0.1) is 12.6 Å². The molecule has 1 aliphatic carbocycles. The first-order chi connectivity index (χ1) is 9.08. The molecule has 2 amide bonds. The molecule has 2 rings (SSSR count). The van der Waals surface area contributed by atoms with Gasteiger partial charge in [-0.1, -0.05) is 24.3 Å². The molecule has 1 aliphatic rings. The number of amides is 2. The molecule has 1 saturated carbocycles. The molecular weight excluding hydrogens is 240 g/mol. The van der Waals surface area contributed by atoms with Crippen molar-refractivity contribution in [3.8, 4) is 0 Å². The molecule has 1 aromatic carbocycles. The summed E-state index contributed by atoms with van der Waals surface area (Å²) >= 11 is 0. The lowest BCUT2D eigenvalue weighted by Crippen LogP contribution is -2.38. The van der Waals surface area contributed by atoms with Crippen LogP contribution in [0.5, 0.6) is 0 Å². The molecular formula is C15H20N2O2. The zero-order chi connectivity index (χ0) is 13.8. The first-order valence-electron chi connectivity index (χ1n) is 6.70. The van der Waals surface area contributed by atoms with Crippen molar-refractivity contribution < 1.29 is 9.59 Å². The highest BCUT2D eigenvalue weighted by atomic mass is 16.2. The fourth-order valence-corrected chi connectivity index (χ4v) is 2.10. The first kappa shape index (κ1) is 13.6. The van der Waals surface area contributed by atoms with Crippen LogP contribution >= 0.6 is 0 Å². The van der Waals surface area contributed by atoms with Crippen LogP contribution in [-0.2, 0) is 9.59 Å². The highest BCUT2D eigenvalue weighted by Gasteiger charge is 2.29. The Balaban J connectivity index is 1.81. The Bertz CT molecular complexity index is 481. The van der Waals surface area contributed by atoms with E-state index >= 15 is 0 Å². The molecule has 19 heavy (non-hydrogen) atoms. The van der Waals surface area contributed by atoms with Crippen LogP contribution in [0.1, 0.15) is 36.9 Å². The number of nitrogens with one attached hydrogen (secondary N) is 2. The number of aryl methyl sites for hydroxylation is 1. The molecule has 4 nitrogen and oxygen atoms in total. The average molecular weight is 260 g/mol. The van der Waals surface area contributed by atoms with Crippen LogP contribution in [0.25, 0.3) is 0 Å². The van der Waals surface area contributed by atoms with Crippen LogP contribution < -0.4 is 10.6 Å². The van der Waals surface area contributed by atoms with E-state index in [4.69, 9.17) is 0 Å². The van der Waals surface area contributed by atoms with Crippen molar-refractivity contribution in [1.29, 1.82) is 0 Å². The van der Waals surface area contributed by atoms with Crippen molar-refractivity contribution in [3.63, 3.8) is 0 Å². The van der Waals surface area contributed by atoms with E-state index in [0.29, 0.717) is 0 Å². The number of hydrogen-bond donors (Lipinski definition) is 2. The summed E-state index contributed by atoms with van der Waals surface area (Å²) in [5.41, 5.74) is 2.25. The molecule has 1 aromatic rings. The van der Waals surface area contributed by atoms with E-state index in [0.717, 1.165) is 24.0 Å². The summed E-state index contributed by atoms with van der Waals surface area (Å²) in [7, 11) is 0. The third-order valence-electron chi connectivity index (χ3n) is 3.40. The average Bonchev–Trinajstić information content (AvgIpc) is 3.20. The van der Waals surface area contributed by atoms with E-state index in [1.54, 1.807) is 0 Å². The molecule has 0 saturated heterocycles. The van der Waals surface area contributed by atoms with Crippen LogP contribution in [0.15, 0.2) is 24.3 Å². The maximum Gasteiger partial charge on any atom is 0.239 e. The Morgan fingerprint density at radius 3 is 2.63 bits per heavy atom. The third kappa shape index (κ3) is 3.81. The van der Waals surface area contributed by atoms with E-state index in [1.807, 2.05) is 38.1 Å². The van der Waals surface area contributed by atoms with Gasteiger partial charge in [-0.2, -0.15) is 0 Å². The highest BCUT2D eigenvalue weighted by molar-refractivity contribution is 5.87. The van der Waals surface area contributed by atoms with Crippen LogP contribution in [0, 0.1) is 12.8 Å². The fraction of sp³-hybridized carbons (Fsp3) is 0.467. The minimum absolute atomic E-state index is 0.00121. The van der Waals surface area contributed by atoms with Gasteiger partial charge < -0.3 is 10.6 Å². The zero-order valence-electron chi connectivity index (χ0n) is 11.4. The van der Waals surface area contributed by atoms with E-state index in [9.17, 15) is 9.59 Å². The molecule has 0 heterocycles. The van der Waals surface area contributed by atoms with Gasteiger partial charge in [-0.25, -0.2) is 0 Å². The molecule has 1 atom stereocenters.